The van der Waals surface area contributed by atoms with Crippen LogP contribution < -0.4 is 0 Å². The minimum Gasteiger partial charge on any atom is -0.466 e. The summed E-state index contributed by atoms with van der Waals surface area (Å²) in [6.07, 6.45) is 1.58. The van der Waals surface area contributed by atoms with Crippen molar-refractivity contribution in [2.45, 2.75) is 26.7 Å². The van der Waals surface area contributed by atoms with E-state index in [-0.39, 0.29) is 11.9 Å². The highest BCUT2D eigenvalue weighted by Gasteiger charge is 1.94. The molecule has 0 N–H and O–H groups in total. The lowest BCUT2D eigenvalue weighted by Gasteiger charge is -2.00. The predicted molar refractivity (Wildman–Crippen MR) is 93.6 cm³/mol. The van der Waals surface area contributed by atoms with Crippen LogP contribution in [0.15, 0.2) is 60.7 Å². The first-order chi connectivity index (χ1) is 11.6. The molecule has 0 amide bonds. The smallest absolute Gasteiger partial charge is 0.302 e. The SMILES string of the molecule is CC(=O)OCCc1ccccc1.CC(=O)OCCc1ccccc1. The number of rotatable bonds is 6. The number of carbonyl (C=O) groups excluding carboxylic acids is 2. The number of esters is 2. The van der Waals surface area contributed by atoms with Crippen molar-refractivity contribution in [1.29, 1.82) is 0 Å². The second-order valence-corrected chi connectivity index (χ2v) is 5.15. The van der Waals surface area contributed by atoms with Gasteiger partial charge in [0.05, 0.1) is 13.2 Å². The Morgan fingerprint density at radius 3 is 1.29 bits per heavy atom. The van der Waals surface area contributed by atoms with Crippen LogP contribution in [0.1, 0.15) is 25.0 Å². The lowest BCUT2D eigenvalue weighted by Crippen LogP contribution is -2.02. The van der Waals surface area contributed by atoms with Crippen LogP contribution >= 0.6 is 0 Å². The molecule has 0 aliphatic rings. The number of benzene rings is 2. The first-order valence-electron chi connectivity index (χ1n) is 7.92. The fourth-order valence-electron chi connectivity index (χ4n) is 1.91. The van der Waals surface area contributed by atoms with E-state index >= 15 is 0 Å². The Morgan fingerprint density at radius 1 is 0.667 bits per heavy atom. The Morgan fingerprint density at radius 2 is 1.00 bits per heavy atom. The Kier molecular flexibility index (Phi) is 9.62. The zero-order chi connectivity index (χ0) is 17.6. The number of hydrogen-bond acceptors (Lipinski definition) is 4. The van der Waals surface area contributed by atoms with Gasteiger partial charge >= 0.3 is 11.9 Å². The fourth-order valence-corrected chi connectivity index (χ4v) is 1.91. The summed E-state index contributed by atoms with van der Waals surface area (Å²) in [7, 11) is 0. The normalized spacial score (nSPS) is 9.42. The van der Waals surface area contributed by atoms with Gasteiger partial charge in [0.1, 0.15) is 0 Å². The molecule has 4 nitrogen and oxygen atoms in total. The molecule has 24 heavy (non-hydrogen) atoms. The quantitative estimate of drug-likeness (QED) is 0.761. The van der Waals surface area contributed by atoms with Crippen LogP contribution in [0.5, 0.6) is 0 Å². The molecule has 0 spiro atoms. The standard InChI is InChI=1S/2C10H12O2/c2*1-9(11)12-8-7-10-5-3-2-4-6-10/h2*2-6H,7-8H2,1H3. The van der Waals surface area contributed by atoms with Gasteiger partial charge in [-0.05, 0) is 11.1 Å². The van der Waals surface area contributed by atoms with Gasteiger partial charge in [-0.15, -0.1) is 0 Å². The summed E-state index contributed by atoms with van der Waals surface area (Å²) in [6.45, 7) is 3.79. The Bertz CT molecular complexity index is 538. The monoisotopic (exact) mass is 328 g/mol. The largest absolute Gasteiger partial charge is 0.466 e. The molecule has 0 heterocycles. The van der Waals surface area contributed by atoms with E-state index in [1.807, 2.05) is 60.7 Å². The molecule has 0 fully saturated rings. The molecule has 0 unspecified atom stereocenters. The molecule has 2 rings (SSSR count). The molecule has 0 radical (unpaired) electrons. The van der Waals surface area contributed by atoms with Crippen molar-refractivity contribution in [3.05, 3.63) is 71.8 Å². The zero-order valence-corrected chi connectivity index (χ0v) is 14.2. The second-order valence-electron chi connectivity index (χ2n) is 5.15. The summed E-state index contributed by atoms with van der Waals surface area (Å²) in [6, 6.07) is 19.9. The minimum atomic E-state index is -0.217. The van der Waals surface area contributed by atoms with Crippen molar-refractivity contribution in [2.24, 2.45) is 0 Å². The highest BCUT2D eigenvalue weighted by Crippen LogP contribution is 2.00. The third-order valence-corrected chi connectivity index (χ3v) is 3.08. The van der Waals surface area contributed by atoms with Crippen molar-refractivity contribution in [3.63, 3.8) is 0 Å². The average molecular weight is 328 g/mol. The van der Waals surface area contributed by atoms with Crippen molar-refractivity contribution < 1.29 is 19.1 Å². The molecular weight excluding hydrogens is 304 g/mol. The van der Waals surface area contributed by atoms with E-state index in [9.17, 15) is 9.59 Å². The molecule has 4 heteroatoms. The van der Waals surface area contributed by atoms with Crippen molar-refractivity contribution in [3.8, 4) is 0 Å². The molecule has 0 aliphatic heterocycles. The summed E-state index contributed by atoms with van der Waals surface area (Å²) >= 11 is 0. The van der Waals surface area contributed by atoms with Crippen molar-refractivity contribution >= 4 is 11.9 Å². The van der Waals surface area contributed by atoms with Crippen LogP contribution in [0.4, 0.5) is 0 Å². The first kappa shape index (κ1) is 19.4. The van der Waals surface area contributed by atoms with Crippen LogP contribution in [0, 0.1) is 0 Å². The third kappa shape index (κ3) is 10.2. The molecule has 0 bridgehead atoms. The van der Waals surface area contributed by atoms with Crippen LogP contribution in [-0.4, -0.2) is 25.2 Å². The predicted octanol–water partition coefficient (Wildman–Crippen LogP) is 3.58. The molecule has 2 aromatic carbocycles. The fraction of sp³-hybridized carbons (Fsp3) is 0.300. The van der Waals surface area contributed by atoms with Gasteiger partial charge in [-0.1, -0.05) is 60.7 Å². The van der Waals surface area contributed by atoms with Gasteiger partial charge < -0.3 is 9.47 Å². The van der Waals surface area contributed by atoms with E-state index in [1.165, 1.54) is 25.0 Å². The lowest BCUT2D eigenvalue weighted by atomic mass is 10.2. The average Bonchev–Trinajstić information content (AvgIpc) is 2.57. The molecule has 0 aliphatic carbocycles. The van der Waals surface area contributed by atoms with E-state index in [4.69, 9.17) is 9.47 Å². The molecule has 0 atom stereocenters. The van der Waals surface area contributed by atoms with Gasteiger partial charge in [0, 0.05) is 26.7 Å². The van der Waals surface area contributed by atoms with Crippen molar-refractivity contribution in [1.82, 2.24) is 0 Å². The summed E-state index contributed by atoms with van der Waals surface area (Å²) < 4.78 is 9.61. The van der Waals surface area contributed by atoms with Gasteiger partial charge in [-0.3, -0.25) is 9.59 Å². The van der Waals surface area contributed by atoms with Gasteiger partial charge in [-0.2, -0.15) is 0 Å². The van der Waals surface area contributed by atoms with Gasteiger partial charge in [0.15, 0.2) is 0 Å². The van der Waals surface area contributed by atoms with E-state index in [2.05, 4.69) is 0 Å². The van der Waals surface area contributed by atoms with Crippen LogP contribution in [0.3, 0.4) is 0 Å². The maximum Gasteiger partial charge on any atom is 0.302 e. The molecule has 2 aromatic rings. The van der Waals surface area contributed by atoms with E-state index in [1.54, 1.807) is 0 Å². The van der Waals surface area contributed by atoms with E-state index < -0.39 is 0 Å². The van der Waals surface area contributed by atoms with Crippen LogP contribution in [0.25, 0.3) is 0 Å². The topological polar surface area (TPSA) is 52.6 Å². The highest BCUT2D eigenvalue weighted by atomic mass is 16.5. The Hall–Kier alpha value is -2.62. The third-order valence-electron chi connectivity index (χ3n) is 3.08. The second kappa shape index (κ2) is 11.9. The number of carbonyl (C=O) groups is 2. The van der Waals surface area contributed by atoms with Gasteiger partial charge in [0.25, 0.3) is 0 Å². The van der Waals surface area contributed by atoms with Crippen LogP contribution in [-0.2, 0) is 31.9 Å². The highest BCUT2D eigenvalue weighted by molar-refractivity contribution is 5.66. The molecular formula is C20H24O4. The van der Waals surface area contributed by atoms with Crippen molar-refractivity contribution in [2.75, 3.05) is 13.2 Å². The molecule has 128 valence electrons. The van der Waals surface area contributed by atoms with E-state index in [0.29, 0.717) is 13.2 Å². The maximum absolute atomic E-state index is 10.4. The Balaban J connectivity index is 0.000000240. The van der Waals surface area contributed by atoms with E-state index in [0.717, 1.165) is 12.8 Å². The summed E-state index contributed by atoms with van der Waals surface area (Å²) in [5.74, 6) is -0.433. The molecule has 0 saturated heterocycles. The molecule has 0 aromatic heterocycles. The maximum atomic E-state index is 10.4. The Labute approximate surface area is 143 Å². The van der Waals surface area contributed by atoms with Gasteiger partial charge in [-0.25, -0.2) is 0 Å². The number of hydrogen-bond donors (Lipinski definition) is 0. The summed E-state index contributed by atoms with van der Waals surface area (Å²) in [5.41, 5.74) is 2.39. The minimum absolute atomic E-state index is 0.217. The summed E-state index contributed by atoms with van der Waals surface area (Å²) in [4.78, 5) is 20.8. The number of ether oxygens (including phenoxy) is 2. The van der Waals surface area contributed by atoms with Crippen LogP contribution in [0.2, 0.25) is 0 Å². The lowest BCUT2D eigenvalue weighted by molar-refractivity contribution is -0.141. The van der Waals surface area contributed by atoms with Gasteiger partial charge in [0.2, 0.25) is 0 Å². The zero-order valence-electron chi connectivity index (χ0n) is 14.2. The molecule has 0 saturated carbocycles. The summed E-state index contributed by atoms with van der Waals surface area (Å²) in [5, 5.41) is 0. The first-order valence-corrected chi connectivity index (χ1v) is 7.92.